The highest BCUT2D eigenvalue weighted by atomic mass is 35.5. The standard InChI is InChI=1S/C20H18ClFN2O4S/c1-11(13-7-9-14(10-8-13)29(3,26)27)23-20(25)17-12(2)28-24-19(17)18-15(21)5-4-6-16(18)22/h4-11H,1-3H3,(H,23,25). The zero-order valence-corrected chi connectivity index (χ0v) is 17.4. The molecule has 1 aromatic heterocycles. The number of hydrogen-bond acceptors (Lipinski definition) is 5. The van der Waals surface area contributed by atoms with Crippen LogP contribution in [0.3, 0.4) is 0 Å². The van der Waals surface area contributed by atoms with E-state index in [0.717, 1.165) is 6.26 Å². The van der Waals surface area contributed by atoms with Crippen LogP contribution >= 0.6 is 11.6 Å². The van der Waals surface area contributed by atoms with Crippen LogP contribution in [0.2, 0.25) is 5.02 Å². The van der Waals surface area contributed by atoms with Crippen molar-refractivity contribution >= 4 is 27.3 Å². The van der Waals surface area contributed by atoms with Crippen molar-refractivity contribution in [2.24, 2.45) is 0 Å². The third kappa shape index (κ3) is 4.33. The van der Waals surface area contributed by atoms with Crippen molar-refractivity contribution in [3.63, 3.8) is 0 Å². The molecule has 1 N–H and O–H groups in total. The third-order valence-electron chi connectivity index (χ3n) is 4.45. The van der Waals surface area contributed by atoms with Gasteiger partial charge < -0.3 is 9.84 Å². The maximum Gasteiger partial charge on any atom is 0.257 e. The van der Waals surface area contributed by atoms with Crippen molar-refractivity contribution in [2.45, 2.75) is 24.8 Å². The van der Waals surface area contributed by atoms with E-state index in [-0.39, 0.29) is 32.5 Å². The molecule has 0 radical (unpaired) electrons. The SMILES string of the molecule is Cc1onc(-c2c(F)cccc2Cl)c1C(=O)NC(C)c1ccc(S(C)(=O)=O)cc1. The summed E-state index contributed by atoms with van der Waals surface area (Å²) in [5.74, 6) is -0.918. The quantitative estimate of drug-likeness (QED) is 0.642. The fourth-order valence-electron chi connectivity index (χ4n) is 2.89. The van der Waals surface area contributed by atoms with Gasteiger partial charge in [0.2, 0.25) is 0 Å². The molecule has 1 heterocycles. The Labute approximate surface area is 172 Å². The molecule has 2 aromatic carbocycles. The molecule has 0 saturated carbocycles. The first-order valence-corrected chi connectivity index (χ1v) is 10.9. The van der Waals surface area contributed by atoms with Gasteiger partial charge in [-0.05, 0) is 43.7 Å². The lowest BCUT2D eigenvalue weighted by Gasteiger charge is -2.15. The molecule has 1 atom stereocenters. The first-order valence-electron chi connectivity index (χ1n) is 8.61. The molecule has 0 fully saturated rings. The zero-order chi connectivity index (χ0) is 21.3. The Morgan fingerprint density at radius 3 is 2.45 bits per heavy atom. The lowest BCUT2D eigenvalue weighted by atomic mass is 10.0. The van der Waals surface area contributed by atoms with Crippen molar-refractivity contribution in [2.75, 3.05) is 6.26 Å². The number of aromatic nitrogens is 1. The van der Waals surface area contributed by atoms with Gasteiger partial charge in [0, 0.05) is 6.26 Å². The first-order chi connectivity index (χ1) is 13.6. The second kappa shape index (κ2) is 7.96. The average Bonchev–Trinajstić information content (AvgIpc) is 3.02. The van der Waals surface area contributed by atoms with Crippen LogP contribution in [-0.2, 0) is 9.84 Å². The van der Waals surface area contributed by atoms with E-state index >= 15 is 0 Å². The second-order valence-electron chi connectivity index (χ2n) is 6.60. The number of sulfone groups is 1. The monoisotopic (exact) mass is 436 g/mol. The van der Waals surface area contributed by atoms with E-state index < -0.39 is 27.6 Å². The Kier molecular flexibility index (Phi) is 5.77. The van der Waals surface area contributed by atoms with Crippen LogP contribution in [0.1, 0.15) is 34.6 Å². The lowest BCUT2D eigenvalue weighted by Crippen LogP contribution is -2.27. The number of carbonyl (C=O) groups excluding carboxylic acids is 1. The number of halogens is 2. The predicted molar refractivity (Wildman–Crippen MR) is 107 cm³/mol. The topological polar surface area (TPSA) is 89.3 Å². The van der Waals surface area contributed by atoms with Crippen LogP contribution in [0.25, 0.3) is 11.3 Å². The molecule has 0 aliphatic heterocycles. The van der Waals surface area contributed by atoms with Crippen LogP contribution in [0, 0.1) is 12.7 Å². The molecule has 0 bridgehead atoms. The fourth-order valence-corrected chi connectivity index (χ4v) is 3.77. The summed E-state index contributed by atoms with van der Waals surface area (Å²) in [7, 11) is -3.31. The Hall–Kier alpha value is -2.71. The number of benzene rings is 2. The smallest absolute Gasteiger partial charge is 0.257 e. The molecule has 1 amide bonds. The van der Waals surface area contributed by atoms with Crippen LogP contribution in [0.5, 0.6) is 0 Å². The Morgan fingerprint density at radius 1 is 1.21 bits per heavy atom. The largest absolute Gasteiger partial charge is 0.360 e. The molecule has 3 rings (SSSR count). The molecule has 0 aliphatic carbocycles. The minimum Gasteiger partial charge on any atom is -0.360 e. The van der Waals surface area contributed by atoms with E-state index in [4.69, 9.17) is 16.1 Å². The fraction of sp³-hybridized carbons (Fsp3) is 0.200. The van der Waals surface area contributed by atoms with Crippen LogP contribution < -0.4 is 5.32 Å². The van der Waals surface area contributed by atoms with Crippen molar-refractivity contribution in [3.05, 3.63) is 70.2 Å². The van der Waals surface area contributed by atoms with Gasteiger partial charge in [-0.2, -0.15) is 0 Å². The highest BCUT2D eigenvalue weighted by molar-refractivity contribution is 7.90. The van der Waals surface area contributed by atoms with Gasteiger partial charge >= 0.3 is 0 Å². The van der Waals surface area contributed by atoms with Crippen molar-refractivity contribution in [3.8, 4) is 11.3 Å². The normalized spacial score (nSPS) is 12.6. The molecule has 6 nitrogen and oxygen atoms in total. The van der Waals surface area contributed by atoms with Gasteiger partial charge in [0.25, 0.3) is 5.91 Å². The highest BCUT2D eigenvalue weighted by Crippen LogP contribution is 2.33. The molecule has 3 aromatic rings. The molecular formula is C20H18ClFN2O4S. The van der Waals surface area contributed by atoms with Crippen molar-refractivity contribution in [1.29, 1.82) is 0 Å². The van der Waals surface area contributed by atoms with Gasteiger partial charge in [0.15, 0.2) is 9.84 Å². The number of rotatable bonds is 5. The number of hydrogen-bond donors (Lipinski definition) is 1. The summed E-state index contributed by atoms with van der Waals surface area (Å²) in [6.07, 6.45) is 1.12. The summed E-state index contributed by atoms with van der Waals surface area (Å²) in [6.45, 7) is 3.29. The Bertz CT molecular complexity index is 1150. The Balaban J connectivity index is 1.89. The highest BCUT2D eigenvalue weighted by Gasteiger charge is 2.26. The number of nitrogens with zero attached hydrogens (tertiary/aromatic N) is 1. The van der Waals surface area contributed by atoms with Crippen LogP contribution in [0.15, 0.2) is 51.9 Å². The van der Waals surface area contributed by atoms with E-state index in [2.05, 4.69) is 10.5 Å². The molecule has 0 aliphatic rings. The van der Waals surface area contributed by atoms with E-state index in [1.165, 1.54) is 30.3 Å². The van der Waals surface area contributed by atoms with Gasteiger partial charge in [0.05, 0.1) is 21.5 Å². The summed E-state index contributed by atoms with van der Waals surface area (Å²) < 4.78 is 42.6. The van der Waals surface area contributed by atoms with E-state index in [0.29, 0.717) is 5.56 Å². The van der Waals surface area contributed by atoms with E-state index in [9.17, 15) is 17.6 Å². The number of carbonyl (C=O) groups is 1. The average molecular weight is 437 g/mol. The van der Waals surface area contributed by atoms with Crippen LogP contribution in [-0.4, -0.2) is 25.7 Å². The molecule has 0 saturated heterocycles. The third-order valence-corrected chi connectivity index (χ3v) is 5.89. The number of nitrogens with one attached hydrogen (secondary N) is 1. The molecule has 1 unspecified atom stereocenters. The maximum atomic E-state index is 14.3. The molecule has 0 spiro atoms. The van der Waals surface area contributed by atoms with Gasteiger partial charge in [0.1, 0.15) is 22.8 Å². The molecule has 29 heavy (non-hydrogen) atoms. The molecule has 9 heteroatoms. The summed E-state index contributed by atoms with van der Waals surface area (Å²) in [5, 5.41) is 6.72. The minimum atomic E-state index is -3.31. The summed E-state index contributed by atoms with van der Waals surface area (Å²) in [6, 6.07) is 9.92. The summed E-state index contributed by atoms with van der Waals surface area (Å²) >= 11 is 6.10. The molecular weight excluding hydrogens is 419 g/mol. The number of aryl methyl sites for hydroxylation is 1. The minimum absolute atomic E-state index is 0.0127. The Morgan fingerprint density at radius 2 is 1.86 bits per heavy atom. The van der Waals surface area contributed by atoms with Crippen molar-refractivity contribution < 1.29 is 22.1 Å². The zero-order valence-electron chi connectivity index (χ0n) is 15.9. The van der Waals surface area contributed by atoms with Gasteiger partial charge in [-0.25, -0.2) is 12.8 Å². The van der Waals surface area contributed by atoms with Crippen LogP contribution in [0.4, 0.5) is 4.39 Å². The predicted octanol–water partition coefficient (Wildman–Crippen LogP) is 4.34. The first kappa shape index (κ1) is 21.0. The van der Waals surface area contributed by atoms with E-state index in [1.807, 2.05) is 0 Å². The van der Waals surface area contributed by atoms with Gasteiger partial charge in [-0.3, -0.25) is 4.79 Å². The molecule has 152 valence electrons. The van der Waals surface area contributed by atoms with Crippen molar-refractivity contribution in [1.82, 2.24) is 10.5 Å². The van der Waals surface area contributed by atoms with Gasteiger partial charge in [-0.1, -0.05) is 35.0 Å². The number of amides is 1. The van der Waals surface area contributed by atoms with E-state index in [1.54, 1.807) is 26.0 Å². The summed E-state index contributed by atoms with van der Waals surface area (Å²) in [5.41, 5.74) is 0.783. The summed E-state index contributed by atoms with van der Waals surface area (Å²) in [4.78, 5) is 13.1. The lowest BCUT2D eigenvalue weighted by molar-refractivity contribution is 0.0939. The maximum absolute atomic E-state index is 14.3. The second-order valence-corrected chi connectivity index (χ2v) is 9.02. The van der Waals surface area contributed by atoms with Gasteiger partial charge in [-0.15, -0.1) is 0 Å².